The summed E-state index contributed by atoms with van der Waals surface area (Å²) in [5.74, 6) is -4.75. The van der Waals surface area contributed by atoms with E-state index in [2.05, 4.69) is 15.0 Å². The van der Waals surface area contributed by atoms with Crippen LogP contribution in [0.15, 0.2) is 34.0 Å². The van der Waals surface area contributed by atoms with Crippen molar-refractivity contribution in [1.29, 1.82) is 0 Å². The number of nitrogens with zero attached hydrogens (tertiary/aromatic N) is 3. The Bertz CT molecular complexity index is 3280. The van der Waals surface area contributed by atoms with Gasteiger partial charge in [-0.15, -0.1) is 0 Å². The average molecular weight is 1010 g/mol. The lowest BCUT2D eigenvalue weighted by Crippen LogP contribution is -2.42. The molecule has 1 saturated heterocycles. The highest BCUT2D eigenvalue weighted by molar-refractivity contribution is 6.25. The van der Waals surface area contributed by atoms with Gasteiger partial charge in [-0.2, -0.15) is 0 Å². The number of aromatic nitrogens is 6. The Morgan fingerprint density at radius 2 is 1.44 bits per heavy atom. The van der Waals surface area contributed by atoms with E-state index < -0.39 is 84.1 Å². The molecule has 0 aliphatic carbocycles. The monoisotopic (exact) mass is 1010 g/mol. The van der Waals surface area contributed by atoms with Gasteiger partial charge in [0.2, 0.25) is 0 Å². The summed E-state index contributed by atoms with van der Waals surface area (Å²) < 4.78 is 38.8. The van der Waals surface area contributed by atoms with Crippen molar-refractivity contribution in [3.8, 4) is 0 Å². The summed E-state index contributed by atoms with van der Waals surface area (Å²) in [4.78, 5) is 123. The Balaban J connectivity index is 1.49. The number of aryl methyl sites for hydroxylation is 3. The van der Waals surface area contributed by atoms with Crippen molar-refractivity contribution in [1.82, 2.24) is 29.5 Å². The molecule has 1 unspecified atom stereocenters. The maximum absolute atomic E-state index is 13.7. The number of hydrogen-bond donors (Lipinski definition) is 3. The van der Waals surface area contributed by atoms with E-state index in [1.165, 1.54) is 40.5 Å². The van der Waals surface area contributed by atoms with E-state index in [1.54, 1.807) is 13.0 Å². The van der Waals surface area contributed by atoms with Gasteiger partial charge >= 0.3 is 41.5 Å². The molecule has 386 valence electrons. The van der Waals surface area contributed by atoms with Crippen molar-refractivity contribution < 1.29 is 61.9 Å². The van der Waals surface area contributed by atoms with Crippen LogP contribution in [0.2, 0.25) is 0 Å². The summed E-state index contributed by atoms with van der Waals surface area (Å²) in [5.41, 5.74) is 6.84. The standard InChI is InChI=1S/C52H58N6O15/c1-12-31-23(2)36-19-40-32(14-13-30-21-58(52(66)57-49(30)64)50-48(72-29(8)61)47(71-28(7)60)41(73-50)22-70-27(6)59)24(3)35(54-40)18-37-25(4)33(15-16-42(62)67-9)45(55-37)34(17-43(63)68-10)46-44(51(65)69-11)26(5)38(56-46)20-39(31)53-36/h13-14,18-21,25,33,41,47-48,50,53-54H,12,15-17,22H2,1-11H3,(H,57,64,66)/b14-13+,35-18?,36-19?,37-18?,38-20?,39-20?,40-19?,45-34?,46-34?/t25-,33-,41+,47+,48+,50?/m0/s1. The van der Waals surface area contributed by atoms with Gasteiger partial charge in [0.25, 0.3) is 5.56 Å². The number of fused-ring (bicyclic) bond motifs is 8. The number of carbonyl (C=O) groups is 6. The zero-order valence-corrected chi connectivity index (χ0v) is 42.4. The molecule has 3 N–H and O–H groups in total. The largest absolute Gasteiger partial charge is 0.469 e. The molecule has 73 heavy (non-hydrogen) atoms. The second-order valence-electron chi connectivity index (χ2n) is 17.9. The molecule has 0 saturated carbocycles. The summed E-state index contributed by atoms with van der Waals surface area (Å²) in [6.45, 7) is 12.6. The van der Waals surface area contributed by atoms with E-state index >= 15 is 0 Å². The van der Waals surface area contributed by atoms with Crippen LogP contribution in [0.25, 0.3) is 45.4 Å². The van der Waals surface area contributed by atoms with Crippen LogP contribution in [0.3, 0.4) is 0 Å². The average Bonchev–Trinajstić information content (AvgIpc) is 4.10. The van der Waals surface area contributed by atoms with E-state index in [4.69, 9.17) is 43.1 Å². The molecular formula is C52H58N6O15. The van der Waals surface area contributed by atoms with Crippen LogP contribution in [0.1, 0.15) is 129 Å². The molecule has 3 aliphatic rings. The molecular weight excluding hydrogens is 949 g/mol. The van der Waals surface area contributed by atoms with Crippen LogP contribution < -0.4 is 11.2 Å². The maximum atomic E-state index is 13.7. The second kappa shape index (κ2) is 21.8. The predicted octanol–water partition coefficient (Wildman–Crippen LogP) is 5.50. The topological polar surface area (TPSA) is 279 Å². The quantitative estimate of drug-likeness (QED) is 0.104. The van der Waals surface area contributed by atoms with Gasteiger partial charge in [0, 0.05) is 84.1 Å². The Hall–Kier alpha value is -7.94. The Morgan fingerprint density at radius 3 is 2.08 bits per heavy atom. The fraction of sp³-hybridized carbons (Fsp3) is 0.423. The Kier molecular flexibility index (Phi) is 15.8. The van der Waals surface area contributed by atoms with Crippen molar-refractivity contribution in [3.05, 3.63) is 101 Å². The van der Waals surface area contributed by atoms with Crippen LogP contribution in [0.5, 0.6) is 0 Å². The van der Waals surface area contributed by atoms with Crippen LogP contribution >= 0.6 is 0 Å². The number of methoxy groups -OCH3 is 3. The third kappa shape index (κ3) is 10.8. The van der Waals surface area contributed by atoms with Crippen molar-refractivity contribution in [2.24, 2.45) is 0 Å². The van der Waals surface area contributed by atoms with Gasteiger partial charge in [0.1, 0.15) is 12.7 Å². The second-order valence-corrected chi connectivity index (χ2v) is 17.9. The number of rotatable bonds is 14. The number of nitrogens with one attached hydrogen (secondary N) is 3. The summed E-state index contributed by atoms with van der Waals surface area (Å²) in [7, 11) is 3.83. The van der Waals surface area contributed by atoms with Crippen LogP contribution in [-0.4, -0.2) is 112 Å². The van der Waals surface area contributed by atoms with E-state index in [9.17, 15) is 38.4 Å². The molecule has 7 heterocycles. The summed E-state index contributed by atoms with van der Waals surface area (Å²) >= 11 is 0. The maximum Gasteiger partial charge on any atom is 0.340 e. The normalized spacial score (nSPS) is 19.4. The van der Waals surface area contributed by atoms with Gasteiger partial charge < -0.3 is 43.1 Å². The molecule has 4 aromatic rings. The SMILES string of the molecule is CCc1c(C)c2cc3[nH]c(cc4nc(c(CC(=O)OC)c5nc(cc1[nH]2)C(C)=C5C(=O)OC)[C@@H](CCC(=O)OC)[C@@H]4C)c(C)c3/C=C/c1cn(C2O[C@H](COC(C)=O)[C@@H](OC(C)=O)[C@H]2OC(C)=O)c(=O)[nH]c1=O. The molecule has 0 aromatic carbocycles. The number of H-pyrrole nitrogens is 3. The van der Waals surface area contributed by atoms with E-state index in [1.807, 2.05) is 45.9 Å². The molecule has 3 aliphatic heterocycles. The van der Waals surface area contributed by atoms with E-state index in [0.717, 1.165) is 35.1 Å². The lowest BCUT2D eigenvalue weighted by Gasteiger charge is -2.24. The fourth-order valence-corrected chi connectivity index (χ4v) is 9.63. The fourth-order valence-electron chi connectivity index (χ4n) is 9.63. The predicted molar refractivity (Wildman–Crippen MR) is 264 cm³/mol. The molecule has 7 rings (SSSR count). The first-order chi connectivity index (χ1) is 34.7. The highest BCUT2D eigenvalue weighted by Gasteiger charge is 2.51. The Labute approximate surface area is 418 Å². The molecule has 0 radical (unpaired) electrons. The number of aromatic amines is 3. The van der Waals surface area contributed by atoms with Crippen molar-refractivity contribution in [2.45, 2.75) is 117 Å². The van der Waals surface area contributed by atoms with Gasteiger partial charge in [-0.05, 0) is 80.2 Å². The minimum absolute atomic E-state index is 0.0212. The number of hydrogen-bond acceptors (Lipinski definition) is 17. The first-order valence-electron chi connectivity index (χ1n) is 23.6. The van der Waals surface area contributed by atoms with Crippen LogP contribution in [0, 0.1) is 13.8 Å². The number of allylic oxidation sites excluding steroid dienone is 1. The summed E-state index contributed by atoms with van der Waals surface area (Å²) in [5, 5.41) is 0. The first-order valence-corrected chi connectivity index (χ1v) is 23.6. The highest BCUT2D eigenvalue weighted by atomic mass is 16.7. The molecule has 0 spiro atoms. The van der Waals surface area contributed by atoms with Gasteiger partial charge in [0.05, 0.1) is 56.0 Å². The molecule has 4 aromatic heterocycles. The molecule has 21 nitrogen and oxygen atoms in total. The summed E-state index contributed by atoms with van der Waals surface area (Å²) in [6, 6.07) is 5.64. The van der Waals surface area contributed by atoms with Crippen LogP contribution in [0.4, 0.5) is 0 Å². The zero-order valence-electron chi connectivity index (χ0n) is 42.4. The van der Waals surface area contributed by atoms with Crippen LogP contribution in [-0.2, 0) is 74.8 Å². The third-order valence-corrected chi connectivity index (χ3v) is 13.4. The van der Waals surface area contributed by atoms with Gasteiger partial charge in [-0.3, -0.25) is 43.3 Å². The minimum Gasteiger partial charge on any atom is -0.469 e. The van der Waals surface area contributed by atoms with Crippen molar-refractivity contribution in [3.63, 3.8) is 0 Å². The molecule has 1 fully saturated rings. The lowest BCUT2D eigenvalue weighted by atomic mass is 9.84. The number of carbonyl (C=O) groups excluding carboxylic acids is 6. The van der Waals surface area contributed by atoms with Gasteiger partial charge in [0.15, 0.2) is 18.4 Å². The number of ether oxygens (including phenoxy) is 7. The third-order valence-electron chi connectivity index (χ3n) is 13.4. The molecule has 0 amide bonds. The van der Waals surface area contributed by atoms with Crippen molar-refractivity contribution in [2.75, 3.05) is 27.9 Å². The van der Waals surface area contributed by atoms with Gasteiger partial charge in [-0.1, -0.05) is 19.9 Å². The Morgan fingerprint density at radius 1 is 0.767 bits per heavy atom. The first kappa shape index (κ1) is 52.9. The lowest BCUT2D eigenvalue weighted by molar-refractivity contribution is -0.166. The highest BCUT2D eigenvalue weighted by Crippen LogP contribution is 2.44. The number of esters is 6. The summed E-state index contributed by atoms with van der Waals surface area (Å²) in [6.07, 6.45) is -0.308. The van der Waals surface area contributed by atoms with Crippen molar-refractivity contribution >= 4 is 81.2 Å². The molecule has 6 atom stereocenters. The molecule has 21 heteroatoms. The zero-order chi connectivity index (χ0) is 53.2. The van der Waals surface area contributed by atoms with E-state index in [0.29, 0.717) is 62.3 Å². The van der Waals surface area contributed by atoms with Gasteiger partial charge in [-0.25, -0.2) is 14.6 Å². The van der Waals surface area contributed by atoms with E-state index in [-0.39, 0.29) is 42.0 Å². The molecule has 8 bridgehead atoms. The smallest absolute Gasteiger partial charge is 0.340 e. The minimum atomic E-state index is -1.45.